The SMILES string of the molecule is Cc1cc2cc(CCNC(=O)c3ccc(C(F)(F)F)cc3)c(=O)[nH]c2cc1C. The molecule has 2 aromatic carbocycles. The predicted octanol–water partition coefficient (Wildman–Crippen LogP) is 4.14. The van der Waals surface area contributed by atoms with Crippen LogP contribution in [-0.4, -0.2) is 17.4 Å². The number of aromatic amines is 1. The van der Waals surface area contributed by atoms with Crippen LogP contribution in [0.4, 0.5) is 13.2 Å². The van der Waals surface area contributed by atoms with Gasteiger partial charge in [0, 0.05) is 23.2 Å². The third kappa shape index (κ3) is 4.24. The van der Waals surface area contributed by atoms with Crippen molar-refractivity contribution in [2.24, 2.45) is 0 Å². The van der Waals surface area contributed by atoms with Crippen LogP contribution in [0.3, 0.4) is 0 Å². The van der Waals surface area contributed by atoms with Crippen LogP contribution in [0.2, 0.25) is 0 Å². The molecule has 1 heterocycles. The second kappa shape index (κ2) is 7.50. The topological polar surface area (TPSA) is 62.0 Å². The Morgan fingerprint density at radius 3 is 2.32 bits per heavy atom. The summed E-state index contributed by atoms with van der Waals surface area (Å²) in [7, 11) is 0. The Balaban J connectivity index is 1.67. The Labute approximate surface area is 159 Å². The number of hydrogen-bond donors (Lipinski definition) is 2. The lowest BCUT2D eigenvalue weighted by Crippen LogP contribution is -2.27. The molecule has 0 saturated heterocycles. The van der Waals surface area contributed by atoms with Gasteiger partial charge < -0.3 is 10.3 Å². The second-order valence-electron chi connectivity index (χ2n) is 6.73. The Bertz CT molecular complexity index is 1080. The number of H-pyrrole nitrogens is 1. The second-order valence-corrected chi connectivity index (χ2v) is 6.73. The fourth-order valence-electron chi connectivity index (χ4n) is 2.93. The summed E-state index contributed by atoms with van der Waals surface area (Å²) in [5, 5.41) is 3.54. The van der Waals surface area contributed by atoms with E-state index in [1.807, 2.05) is 26.0 Å². The molecule has 0 aliphatic rings. The highest BCUT2D eigenvalue weighted by Gasteiger charge is 2.30. The Morgan fingerprint density at radius 1 is 1.04 bits per heavy atom. The molecule has 2 N–H and O–H groups in total. The van der Waals surface area contributed by atoms with Gasteiger partial charge in [0.1, 0.15) is 0 Å². The first-order chi connectivity index (χ1) is 13.1. The fraction of sp³-hybridized carbons (Fsp3) is 0.238. The molecule has 0 saturated carbocycles. The predicted molar refractivity (Wildman–Crippen MR) is 102 cm³/mol. The summed E-state index contributed by atoms with van der Waals surface area (Å²) >= 11 is 0. The highest BCUT2D eigenvalue weighted by molar-refractivity contribution is 5.94. The number of fused-ring (bicyclic) bond motifs is 1. The largest absolute Gasteiger partial charge is 0.416 e. The molecule has 146 valence electrons. The average molecular weight is 388 g/mol. The molecule has 7 heteroatoms. The Kier molecular flexibility index (Phi) is 5.27. The van der Waals surface area contributed by atoms with Crippen molar-refractivity contribution >= 4 is 16.8 Å². The molecule has 1 aromatic heterocycles. The summed E-state index contributed by atoms with van der Waals surface area (Å²) in [4.78, 5) is 27.2. The molecule has 3 aromatic rings. The highest BCUT2D eigenvalue weighted by Crippen LogP contribution is 2.29. The number of hydrogen-bond acceptors (Lipinski definition) is 2. The summed E-state index contributed by atoms with van der Waals surface area (Å²) in [5.41, 5.74) is 2.58. The van der Waals surface area contributed by atoms with Gasteiger partial charge in [-0.15, -0.1) is 0 Å². The fourth-order valence-corrected chi connectivity index (χ4v) is 2.93. The number of pyridine rings is 1. The van der Waals surface area contributed by atoms with Crippen molar-refractivity contribution in [1.82, 2.24) is 10.3 Å². The number of nitrogens with one attached hydrogen (secondary N) is 2. The molecular weight excluding hydrogens is 369 g/mol. The molecule has 0 aliphatic carbocycles. The molecule has 0 aliphatic heterocycles. The van der Waals surface area contributed by atoms with Crippen LogP contribution in [0.1, 0.15) is 32.6 Å². The number of alkyl halides is 3. The van der Waals surface area contributed by atoms with Crippen molar-refractivity contribution in [2.45, 2.75) is 26.4 Å². The zero-order valence-electron chi connectivity index (χ0n) is 15.4. The number of carbonyl (C=O) groups excluding carboxylic acids is 1. The van der Waals surface area contributed by atoms with E-state index in [0.29, 0.717) is 12.0 Å². The lowest BCUT2D eigenvalue weighted by atomic mass is 10.0. The molecule has 0 atom stereocenters. The average Bonchev–Trinajstić information content (AvgIpc) is 2.63. The molecule has 0 unspecified atom stereocenters. The van der Waals surface area contributed by atoms with E-state index in [0.717, 1.165) is 46.3 Å². The first kappa shape index (κ1) is 19.7. The monoisotopic (exact) mass is 388 g/mol. The number of aromatic nitrogens is 1. The standard InChI is InChI=1S/C21H19F3N2O2/c1-12-9-16-11-15(20(28)26-18(16)10-13(12)2)7-8-25-19(27)14-3-5-17(6-4-14)21(22,23)24/h3-6,9-11H,7-8H2,1-2H3,(H,25,27)(H,26,28). The number of halogens is 3. The third-order valence-corrected chi connectivity index (χ3v) is 4.69. The lowest BCUT2D eigenvalue weighted by molar-refractivity contribution is -0.137. The number of aryl methyl sites for hydroxylation is 2. The molecule has 28 heavy (non-hydrogen) atoms. The summed E-state index contributed by atoms with van der Waals surface area (Å²) in [6.07, 6.45) is -4.13. The van der Waals surface area contributed by atoms with Crippen molar-refractivity contribution in [3.63, 3.8) is 0 Å². The van der Waals surface area contributed by atoms with Crippen molar-refractivity contribution in [1.29, 1.82) is 0 Å². The molecule has 0 radical (unpaired) electrons. The van der Waals surface area contributed by atoms with Gasteiger partial charge >= 0.3 is 6.18 Å². The zero-order chi connectivity index (χ0) is 20.5. The Morgan fingerprint density at radius 2 is 1.68 bits per heavy atom. The summed E-state index contributed by atoms with van der Waals surface area (Å²) < 4.78 is 37.7. The Hall–Kier alpha value is -3.09. The van der Waals surface area contributed by atoms with Gasteiger partial charge in [0.25, 0.3) is 11.5 Å². The highest BCUT2D eigenvalue weighted by atomic mass is 19.4. The number of amides is 1. The van der Waals surface area contributed by atoms with Crippen molar-refractivity contribution in [2.75, 3.05) is 6.54 Å². The van der Waals surface area contributed by atoms with Crippen molar-refractivity contribution in [3.8, 4) is 0 Å². The third-order valence-electron chi connectivity index (χ3n) is 4.69. The van der Waals surface area contributed by atoms with Gasteiger partial charge in [-0.1, -0.05) is 0 Å². The van der Waals surface area contributed by atoms with Gasteiger partial charge in [-0.25, -0.2) is 0 Å². The van der Waals surface area contributed by atoms with Crippen LogP contribution in [0, 0.1) is 13.8 Å². The minimum atomic E-state index is -4.44. The van der Waals surface area contributed by atoms with Crippen LogP contribution in [0.25, 0.3) is 10.9 Å². The summed E-state index contributed by atoms with van der Waals surface area (Å²) in [6.45, 7) is 4.15. The number of rotatable bonds is 4. The maximum atomic E-state index is 12.6. The quantitative estimate of drug-likeness (QED) is 0.706. The number of carbonyl (C=O) groups is 1. The molecular formula is C21H19F3N2O2. The number of benzene rings is 2. The van der Waals surface area contributed by atoms with Crippen molar-refractivity contribution < 1.29 is 18.0 Å². The van der Waals surface area contributed by atoms with E-state index in [4.69, 9.17) is 0 Å². The first-order valence-corrected chi connectivity index (χ1v) is 8.74. The minimum Gasteiger partial charge on any atom is -0.352 e. The van der Waals surface area contributed by atoms with E-state index < -0.39 is 17.6 Å². The summed E-state index contributed by atoms with van der Waals surface area (Å²) in [6, 6.07) is 9.71. The van der Waals surface area contributed by atoms with E-state index in [1.165, 1.54) is 0 Å². The molecule has 0 spiro atoms. The van der Waals surface area contributed by atoms with E-state index in [9.17, 15) is 22.8 Å². The van der Waals surface area contributed by atoms with Gasteiger partial charge in [-0.2, -0.15) is 13.2 Å². The smallest absolute Gasteiger partial charge is 0.352 e. The zero-order valence-corrected chi connectivity index (χ0v) is 15.4. The van der Waals surface area contributed by atoms with Gasteiger partial charge in [0.15, 0.2) is 0 Å². The van der Waals surface area contributed by atoms with Crippen LogP contribution in [-0.2, 0) is 12.6 Å². The van der Waals surface area contributed by atoms with Crippen LogP contribution < -0.4 is 10.9 Å². The molecule has 4 nitrogen and oxygen atoms in total. The molecule has 0 fully saturated rings. The van der Waals surface area contributed by atoms with Gasteiger partial charge in [0.05, 0.1) is 5.56 Å². The molecule has 3 rings (SSSR count). The summed E-state index contributed by atoms with van der Waals surface area (Å²) in [5.74, 6) is -0.489. The van der Waals surface area contributed by atoms with Crippen LogP contribution in [0.15, 0.2) is 47.3 Å². The van der Waals surface area contributed by atoms with E-state index in [-0.39, 0.29) is 17.7 Å². The van der Waals surface area contributed by atoms with E-state index in [2.05, 4.69) is 10.3 Å². The van der Waals surface area contributed by atoms with Crippen molar-refractivity contribution in [3.05, 3.63) is 80.6 Å². The van der Waals surface area contributed by atoms with E-state index in [1.54, 1.807) is 6.07 Å². The first-order valence-electron chi connectivity index (χ1n) is 8.74. The van der Waals surface area contributed by atoms with Crippen LogP contribution in [0.5, 0.6) is 0 Å². The maximum absolute atomic E-state index is 12.6. The maximum Gasteiger partial charge on any atom is 0.416 e. The lowest BCUT2D eigenvalue weighted by Gasteiger charge is -2.09. The van der Waals surface area contributed by atoms with E-state index >= 15 is 0 Å². The molecule has 1 amide bonds. The molecule has 0 bridgehead atoms. The van der Waals surface area contributed by atoms with Crippen LogP contribution >= 0.6 is 0 Å². The van der Waals surface area contributed by atoms with Gasteiger partial charge in [-0.3, -0.25) is 9.59 Å². The van der Waals surface area contributed by atoms with Gasteiger partial charge in [-0.05, 0) is 79.2 Å². The minimum absolute atomic E-state index is 0.131. The van der Waals surface area contributed by atoms with Gasteiger partial charge in [0.2, 0.25) is 0 Å². The normalized spacial score (nSPS) is 11.6.